The van der Waals surface area contributed by atoms with Crippen molar-refractivity contribution in [1.29, 1.82) is 0 Å². The maximum atomic E-state index is 12.7. The summed E-state index contributed by atoms with van der Waals surface area (Å²) >= 11 is 0. The van der Waals surface area contributed by atoms with Crippen LogP contribution < -0.4 is 5.32 Å². The summed E-state index contributed by atoms with van der Waals surface area (Å²) < 4.78 is 25.3. The Morgan fingerprint density at radius 1 is 1.12 bits per heavy atom. The first-order valence-electron chi connectivity index (χ1n) is 8.04. The highest BCUT2D eigenvalue weighted by atomic mass is 19.3. The lowest BCUT2D eigenvalue weighted by molar-refractivity contribution is 0.0846. The molecule has 0 radical (unpaired) electrons. The van der Waals surface area contributed by atoms with Gasteiger partial charge < -0.3 is 5.32 Å². The third-order valence-corrected chi connectivity index (χ3v) is 3.56. The number of rotatable bonds is 8. The molecule has 0 aliphatic carbocycles. The van der Waals surface area contributed by atoms with Crippen molar-refractivity contribution in [3.8, 4) is 0 Å². The van der Waals surface area contributed by atoms with Gasteiger partial charge in [0, 0.05) is 17.8 Å². The summed E-state index contributed by atoms with van der Waals surface area (Å²) in [7, 11) is 0. The topological polar surface area (TPSA) is 32.3 Å². The minimum Gasteiger partial charge on any atom is -0.322 e. The first-order valence-corrected chi connectivity index (χ1v) is 8.04. The molecule has 0 aliphatic rings. The second-order valence-corrected chi connectivity index (χ2v) is 5.65. The van der Waals surface area contributed by atoms with Crippen LogP contribution in [0.25, 0.3) is 0 Å². The fourth-order valence-corrected chi connectivity index (χ4v) is 2.54. The molecule has 1 N–H and O–H groups in total. The third-order valence-electron chi connectivity index (χ3n) is 3.56. The summed E-state index contributed by atoms with van der Waals surface area (Å²) in [6.45, 7) is 2.71. The lowest BCUT2D eigenvalue weighted by Crippen LogP contribution is -2.29. The van der Waals surface area contributed by atoms with E-state index < -0.39 is 6.43 Å². The highest BCUT2D eigenvalue weighted by Gasteiger charge is 2.13. The number of amides is 1. The number of anilines is 1. The fraction of sp³-hybridized carbons (Fsp3) is 0.316. The molecule has 0 spiro atoms. The Morgan fingerprint density at radius 3 is 2.54 bits per heavy atom. The average Bonchev–Trinajstić information content (AvgIpc) is 2.55. The molecule has 0 aromatic heterocycles. The van der Waals surface area contributed by atoms with Crippen LogP contribution in [-0.4, -0.2) is 30.3 Å². The first-order chi connectivity index (χ1) is 11.6. The lowest BCUT2D eigenvalue weighted by Gasteiger charge is -2.21. The van der Waals surface area contributed by atoms with E-state index in [0.717, 1.165) is 17.7 Å². The molecule has 3 nitrogen and oxygen atoms in total. The average molecular weight is 332 g/mol. The van der Waals surface area contributed by atoms with E-state index in [1.54, 1.807) is 23.1 Å². The van der Waals surface area contributed by atoms with Crippen LogP contribution in [0.3, 0.4) is 0 Å². The number of alkyl halides is 2. The maximum Gasteiger partial charge on any atom is 0.255 e. The van der Waals surface area contributed by atoms with Crippen LogP contribution in [0.15, 0.2) is 54.6 Å². The van der Waals surface area contributed by atoms with E-state index in [0.29, 0.717) is 18.7 Å². The van der Waals surface area contributed by atoms with Crippen LogP contribution in [-0.2, 0) is 6.54 Å². The Morgan fingerprint density at radius 2 is 1.88 bits per heavy atom. The standard InChI is InChI=1S/C19H22F2N2O/c1-2-11-23(14-18(20)21)13-15-7-6-8-16(12-15)19(24)22-17-9-4-3-5-10-17/h3-10,12,18H,2,11,13-14H2,1H3,(H,22,24). The molecular formula is C19H22F2N2O. The Bertz CT molecular complexity index is 647. The number of nitrogens with one attached hydrogen (secondary N) is 1. The molecule has 0 bridgehead atoms. The lowest BCUT2D eigenvalue weighted by atomic mass is 10.1. The Hall–Kier alpha value is -2.27. The number of hydrogen-bond donors (Lipinski definition) is 1. The number of carbonyl (C=O) groups is 1. The second-order valence-electron chi connectivity index (χ2n) is 5.65. The maximum absolute atomic E-state index is 12.7. The summed E-state index contributed by atoms with van der Waals surface area (Å²) in [5, 5.41) is 2.82. The van der Waals surface area contributed by atoms with Crippen LogP contribution in [0.4, 0.5) is 14.5 Å². The second kappa shape index (κ2) is 9.13. The zero-order valence-corrected chi connectivity index (χ0v) is 13.7. The van der Waals surface area contributed by atoms with Gasteiger partial charge in [0.05, 0.1) is 6.54 Å². The van der Waals surface area contributed by atoms with E-state index in [1.165, 1.54) is 0 Å². The van der Waals surface area contributed by atoms with Crippen molar-refractivity contribution in [2.24, 2.45) is 0 Å². The van der Waals surface area contributed by atoms with Crippen LogP contribution in [0, 0.1) is 0 Å². The molecule has 0 heterocycles. The van der Waals surface area contributed by atoms with E-state index in [2.05, 4.69) is 5.32 Å². The summed E-state index contributed by atoms with van der Waals surface area (Å²) in [6, 6.07) is 16.3. The summed E-state index contributed by atoms with van der Waals surface area (Å²) in [6.07, 6.45) is -1.55. The summed E-state index contributed by atoms with van der Waals surface area (Å²) in [4.78, 5) is 14.0. The van der Waals surface area contributed by atoms with Gasteiger partial charge in [-0.25, -0.2) is 8.78 Å². The number of hydrogen-bond acceptors (Lipinski definition) is 2. The van der Waals surface area contributed by atoms with Gasteiger partial charge in [-0.05, 0) is 42.8 Å². The van der Waals surface area contributed by atoms with Crippen LogP contribution in [0.1, 0.15) is 29.3 Å². The molecule has 1 amide bonds. The van der Waals surface area contributed by atoms with Gasteiger partial charge in [0.15, 0.2) is 0 Å². The summed E-state index contributed by atoms with van der Waals surface area (Å²) in [5.41, 5.74) is 2.09. The van der Waals surface area contributed by atoms with Crippen LogP contribution >= 0.6 is 0 Å². The molecule has 0 unspecified atom stereocenters. The van der Waals surface area contributed by atoms with E-state index in [9.17, 15) is 13.6 Å². The molecular weight excluding hydrogens is 310 g/mol. The molecule has 2 aromatic carbocycles. The predicted molar refractivity (Wildman–Crippen MR) is 92.4 cm³/mol. The van der Waals surface area contributed by atoms with E-state index in [4.69, 9.17) is 0 Å². The zero-order chi connectivity index (χ0) is 17.4. The molecule has 0 saturated carbocycles. The molecule has 0 aliphatic heterocycles. The number of benzene rings is 2. The quantitative estimate of drug-likeness (QED) is 0.776. The largest absolute Gasteiger partial charge is 0.322 e. The molecule has 0 atom stereocenters. The van der Waals surface area contributed by atoms with Gasteiger partial charge in [0.1, 0.15) is 0 Å². The van der Waals surface area contributed by atoms with Crippen molar-refractivity contribution in [1.82, 2.24) is 4.90 Å². The number of nitrogens with zero attached hydrogens (tertiary/aromatic N) is 1. The molecule has 5 heteroatoms. The molecule has 24 heavy (non-hydrogen) atoms. The van der Waals surface area contributed by atoms with Gasteiger partial charge in [-0.15, -0.1) is 0 Å². The summed E-state index contributed by atoms with van der Waals surface area (Å²) in [5.74, 6) is -0.209. The fourth-order valence-electron chi connectivity index (χ4n) is 2.54. The normalized spacial score (nSPS) is 11.0. The van der Waals surface area contributed by atoms with E-state index in [-0.39, 0.29) is 12.5 Å². The monoisotopic (exact) mass is 332 g/mol. The Balaban J connectivity index is 2.05. The highest BCUT2D eigenvalue weighted by Crippen LogP contribution is 2.13. The van der Waals surface area contributed by atoms with Crippen LogP contribution in [0.5, 0.6) is 0 Å². The molecule has 128 valence electrons. The number of carbonyl (C=O) groups excluding carboxylic acids is 1. The molecule has 0 saturated heterocycles. The van der Waals surface area contributed by atoms with Gasteiger partial charge in [-0.2, -0.15) is 0 Å². The van der Waals surface area contributed by atoms with Crippen LogP contribution in [0.2, 0.25) is 0 Å². The van der Waals surface area contributed by atoms with Crippen molar-refractivity contribution in [2.75, 3.05) is 18.4 Å². The number of para-hydroxylation sites is 1. The smallest absolute Gasteiger partial charge is 0.255 e. The van der Waals surface area contributed by atoms with E-state index in [1.807, 2.05) is 43.3 Å². The van der Waals surface area contributed by atoms with Crippen molar-refractivity contribution >= 4 is 11.6 Å². The van der Waals surface area contributed by atoms with Crippen molar-refractivity contribution in [3.05, 3.63) is 65.7 Å². The Labute approximate surface area is 141 Å². The molecule has 2 aromatic rings. The minimum absolute atomic E-state index is 0.209. The predicted octanol–water partition coefficient (Wildman–Crippen LogP) is 4.42. The van der Waals surface area contributed by atoms with Crippen molar-refractivity contribution in [2.45, 2.75) is 26.3 Å². The third kappa shape index (κ3) is 5.74. The van der Waals surface area contributed by atoms with E-state index >= 15 is 0 Å². The number of halogens is 2. The van der Waals surface area contributed by atoms with Gasteiger partial charge in [0.25, 0.3) is 12.3 Å². The van der Waals surface area contributed by atoms with Gasteiger partial charge >= 0.3 is 0 Å². The first kappa shape index (κ1) is 18.1. The van der Waals surface area contributed by atoms with Gasteiger partial charge in [-0.1, -0.05) is 37.3 Å². The van der Waals surface area contributed by atoms with Gasteiger partial charge in [0.2, 0.25) is 0 Å². The molecule has 2 rings (SSSR count). The molecule has 0 fully saturated rings. The van der Waals surface area contributed by atoms with Crippen molar-refractivity contribution < 1.29 is 13.6 Å². The SMILES string of the molecule is CCCN(Cc1cccc(C(=O)Nc2ccccc2)c1)CC(F)F. The zero-order valence-electron chi connectivity index (χ0n) is 13.7. The Kier molecular flexibility index (Phi) is 6.88. The van der Waals surface area contributed by atoms with Gasteiger partial charge in [-0.3, -0.25) is 9.69 Å². The highest BCUT2D eigenvalue weighted by molar-refractivity contribution is 6.04. The minimum atomic E-state index is -2.36. The van der Waals surface area contributed by atoms with Crippen molar-refractivity contribution in [3.63, 3.8) is 0 Å².